The lowest BCUT2D eigenvalue weighted by Gasteiger charge is -2.03. The fraction of sp³-hybridized carbons (Fsp3) is 0. The van der Waals surface area contributed by atoms with Crippen molar-refractivity contribution in [2.24, 2.45) is 0 Å². The van der Waals surface area contributed by atoms with Crippen LogP contribution in [-0.2, 0) is 0 Å². The summed E-state index contributed by atoms with van der Waals surface area (Å²) in [5.41, 5.74) is 17.4. The minimum Gasteiger partial charge on any atom is -0.594 e. The van der Waals surface area contributed by atoms with E-state index in [1.165, 1.54) is 6.07 Å². The van der Waals surface area contributed by atoms with Gasteiger partial charge in [0.25, 0.3) is 0 Å². The molecule has 0 fully saturated rings. The number of nitrogens with two attached hydrogens (primary N) is 3. The third-order valence-electron chi connectivity index (χ3n) is 2.08. The van der Waals surface area contributed by atoms with E-state index in [0.29, 0.717) is 10.2 Å². The van der Waals surface area contributed by atoms with E-state index in [2.05, 4.69) is 0 Å². The number of nitrogens with zero attached hydrogens (tertiary/aromatic N) is 2. The van der Waals surface area contributed by atoms with E-state index in [4.69, 9.17) is 17.2 Å². The van der Waals surface area contributed by atoms with Gasteiger partial charge in [-0.05, 0) is 10.9 Å². The van der Waals surface area contributed by atoms with Crippen LogP contribution in [0.15, 0.2) is 12.3 Å². The second kappa shape index (κ2) is 2.34. The Morgan fingerprint density at radius 1 is 1.29 bits per heavy atom. The average Bonchev–Trinajstić information content (AvgIpc) is 2.39. The van der Waals surface area contributed by atoms with Gasteiger partial charge < -0.3 is 27.6 Å². The maximum atomic E-state index is 11.0. The maximum Gasteiger partial charge on any atom is 0.220 e. The van der Waals surface area contributed by atoms with Gasteiger partial charge in [-0.25, -0.2) is 0 Å². The van der Waals surface area contributed by atoms with Crippen molar-refractivity contribution >= 4 is 28.0 Å². The summed E-state index contributed by atoms with van der Waals surface area (Å²) in [5, 5.41) is 20.7. The maximum absolute atomic E-state index is 11.0. The van der Waals surface area contributed by atoms with Gasteiger partial charge in [0.15, 0.2) is 5.52 Å². The largest absolute Gasteiger partial charge is 0.594 e. The van der Waals surface area contributed by atoms with Crippen molar-refractivity contribution < 1.29 is 10.1 Å². The van der Waals surface area contributed by atoms with Crippen LogP contribution in [0.1, 0.15) is 0 Å². The summed E-state index contributed by atoms with van der Waals surface area (Å²) in [6.07, 6.45) is 1.15. The van der Waals surface area contributed by atoms with E-state index in [1.54, 1.807) is 0 Å². The van der Waals surface area contributed by atoms with E-state index in [0.717, 1.165) is 6.20 Å². The highest BCUT2D eigenvalue weighted by atomic mass is 16.6. The zero-order valence-corrected chi connectivity index (χ0v) is 7.14. The number of anilines is 3. The first-order valence-electron chi connectivity index (χ1n) is 3.80. The molecule has 0 aliphatic carbocycles. The van der Waals surface area contributed by atoms with Crippen molar-refractivity contribution in [2.45, 2.75) is 0 Å². The summed E-state index contributed by atoms with van der Waals surface area (Å²) >= 11 is 0. The molecule has 0 atom stereocenters. The topological polar surface area (TPSA) is 130 Å². The van der Waals surface area contributed by atoms with Crippen LogP contribution in [-0.4, -0.2) is 10.1 Å². The highest BCUT2D eigenvalue weighted by Crippen LogP contribution is 2.30. The molecule has 74 valence electrons. The molecular weight excluding hydrogens is 186 g/mol. The van der Waals surface area contributed by atoms with Gasteiger partial charge in [0, 0.05) is 4.85 Å². The zero-order chi connectivity index (χ0) is 10.5. The lowest BCUT2D eigenvalue weighted by Crippen LogP contribution is -2.35. The first kappa shape index (κ1) is 8.30. The molecule has 0 unspecified atom stereocenters. The molecule has 2 aromatic rings. The fourth-order valence-electron chi connectivity index (χ4n) is 1.35. The molecule has 1 heterocycles. The number of aromatic nitrogens is 2. The number of nitrogen functional groups attached to an aromatic ring is 3. The summed E-state index contributed by atoms with van der Waals surface area (Å²) in [7, 11) is 0. The minimum absolute atomic E-state index is 0.0945. The van der Waals surface area contributed by atoms with Crippen LogP contribution in [0.25, 0.3) is 10.9 Å². The average molecular weight is 195 g/mol. The van der Waals surface area contributed by atoms with Crippen LogP contribution in [0, 0.1) is 5.21 Å². The van der Waals surface area contributed by atoms with Crippen molar-refractivity contribution in [2.75, 3.05) is 17.2 Å². The molecule has 0 saturated carbocycles. The summed E-state index contributed by atoms with van der Waals surface area (Å²) in [6, 6.07) is 1.47. The molecule has 0 saturated heterocycles. The van der Waals surface area contributed by atoms with E-state index in [1.807, 2.05) is 0 Å². The monoisotopic (exact) mass is 195 g/mol. The zero-order valence-electron chi connectivity index (χ0n) is 7.14. The molecule has 1 aromatic carbocycles. The van der Waals surface area contributed by atoms with Crippen LogP contribution in [0.2, 0.25) is 0 Å². The summed E-state index contributed by atoms with van der Waals surface area (Å²) < 4.78 is 0. The smallest absolute Gasteiger partial charge is 0.220 e. The van der Waals surface area contributed by atoms with Gasteiger partial charge in [0.2, 0.25) is 6.20 Å². The molecule has 0 aliphatic rings. The molecule has 0 spiro atoms. The molecule has 7 heteroatoms. The predicted octanol–water partition coefficient (Wildman–Crippen LogP) is -0.741. The predicted molar refractivity (Wildman–Crippen MR) is 51.3 cm³/mol. The van der Waals surface area contributed by atoms with Gasteiger partial charge in [-0.3, -0.25) is 0 Å². The molecular formula is C7H9N5O2. The lowest BCUT2D eigenvalue weighted by atomic mass is 10.2. The first-order chi connectivity index (χ1) is 6.52. The Kier molecular flexibility index (Phi) is 1.39. The number of hydrogen-bond donors (Lipinski definition) is 4. The number of fused-ring (bicyclic) bond motifs is 1. The third kappa shape index (κ3) is 0.830. The Bertz CT molecular complexity index is 519. The quantitative estimate of drug-likeness (QED) is 0.190. The van der Waals surface area contributed by atoms with Crippen molar-refractivity contribution in [3.63, 3.8) is 0 Å². The second-order valence-electron chi connectivity index (χ2n) is 2.95. The van der Waals surface area contributed by atoms with Crippen LogP contribution < -0.4 is 22.0 Å². The molecule has 7 nitrogen and oxygen atoms in total. The van der Waals surface area contributed by atoms with Crippen molar-refractivity contribution in [3.8, 4) is 0 Å². The summed E-state index contributed by atoms with van der Waals surface area (Å²) in [5.74, 6) is 0. The van der Waals surface area contributed by atoms with Crippen molar-refractivity contribution in [3.05, 3.63) is 17.5 Å². The Hall–Kier alpha value is -2.31. The first-order valence-corrected chi connectivity index (χ1v) is 3.80. The Morgan fingerprint density at radius 2 is 1.93 bits per heavy atom. The van der Waals surface area contributed by atoms with Gasteiger partial charge >= 0.3 is 0 Å². The molecule has 14 heavy (non-hydrogen) atoms. The lowest BCUT2D eigenvalue weighted by molar-refractivity contribution is -0.722. The highest BCUT2D eigenvalue weighted by molar-refractivity contribution is 6.00. The van der Waals surface area contributed by atoms with Crippen LogP contribution in [0.4, 0.5) is 17.1 Å². The van der Waals surface area contributed by atoms with Crippen molar-refractivity contribution in [1.29, 1.82) is 0 Å². The van der Waals surface area contributed by atoms with Gasteiger partial charge in [-0.1, -0.05) is 0 Å². The fourth-order valence-corrected chi connectivity index (χ4v) is 1.35. The van der Waals surface area contributed by atoms with E-state index in [-0.39, 0.29) is 27.4 Å². The highest BCUT2D eigenvalue weighted by Gasteiger charge is 2.17. The Labute approximate surface area is 78.4 Å². The third-order valence-corrected chi connectivity index (χ3v) is 2.08. The standard InChI is InChI=1S/C7H9N5O2/c8-4-1-3-2-11(13)12(14)7(3)6(10)5(4)9/h1-2,14H,8-10H2. The van der Waals surface area contributed by atoms with Gasteiger partial charge in [-0.2, -0.15) is 0 Å². The Balaban J connectivity index is 2.99. The molecule has 0 aliphatic heterocycles. The van der Waals surface area contributed by atoms with Crippen molar-refractivity contribution in [1.82, 2.24) is 4.85 Å². The minimum atomic E-state index is 0.0945. The number of benzene rings is 1. The molecule has 0 amide bonds. The van der Waals surface area contributed by atoms with Crippen LogP contribution in [0.3, 0.4) is 0 Å². The molecule has 1 aromatic heterocycles. The molecule has 7 N–H and O–H groups in total. The Morgan fingerprint density at radius 3 is 2.57 bits per heavy atom. The summed E-state index contributed by atoms with van der Waals surface area (Å²) in [4.78, 5) is 0.611. The van der Waals surface area contributed by atoms with E-state index < -0.39 is 0 Å². The van der Waals surface area contributed by atoms with Gasteiger partial charge in [0.1, 0.15) is 0 Å². The van der Waals surface area contributed by atoms with Crippen LogP contribution in [0.5, 0.6) is 0 Å². The number of rotatable bonds is 0. The van der Waals surface area contributed by atoms with Crippen LogP contribution >= 0.6 is 0 Å². The van der Waals surface area contributed by atoms with E-state index in [9.17, 15) is 10.4 Å². The number of hydrogen-bond acceptors (Lipinski definition) is 5. The molecule has 0 radical (unpaired) electrons. The van der Waals surface area contributed by atoms with E-state index >= 15 is 0 Å². The van der Waals surface area contributed by atoms with Gasteiger partial charge in [-0.15, -0.1) is 0 Å². The second-order valence-corrected chi connectivity index (χ2v) is 2.95. The summed E-state index contributed by atoms with van der Waals surface area (Å²) in [6.45, 7) is 0. The molecule has 0 bridgehead atoms. The normalized spacial score (nSPS) is 10.9. The SMILES string of the molecule is Nc1cc2c[n+]([O-])n(O)c2c(N)c1N. The molecule has 2 rings (SSSR count). The van der Waals surface area contributed by atoms with Gasteiger partial charge in [0.05, 0.1) is 22.4 Å².